The van der Waals surface area contributed by atoms with Crippen molar-refractivity contribution in [3.63, 3.8) is 0 Å². The van der Waals surface area contributed by atoms with Crippen LogP contribution in [0.3, 0.4) is 0 Å². The molecule has 0 saturated carbocycles. The van der Waals surface area contributed by atoms with E-state index in [1.165, 1.54) is 11.1 Å². The number of fused-ring (bicyclic) bond motifs is 1. The lowest BCUT2D eigenvalue weighted by molar-refractivity contribution is 0.266. The van der Waals surface area contributed by atoms with Crippen LogP contribution in [0.4, 0.5) is 5.82 Å². The van der Waals surface area contributed by atoms with Gasteiger partial charge in [-0.3, -0.25) is 0 Å². The number of aliphatic hydroxyl groups is 1. The van der Waals surface area contributed by atoms with Gasteiger partial charge in [0.15, 0.2) is 5.65 Å². The molecule has 1 N–H and O–H groups in total. The summed E-state index contributed by atoms with van der Waals surface area (Å²) in [5.74, 6) is 0.916. The second kappa shape index (κ2) is 8.40. The molecule has 3 heterocycles. The van der Waals surface area contributed by atoms with Crippen LogP contribution in [0, 0.1) is 13.8 Å². The quantitative estimate of drug-likeness (QED) is 0.476. The van der Waals surface area contributed by atoms with Crippen molar-refractivity contribution in [2.24, 2.45) is 0 Å². The van der Waals surface area contributed by atoms with Crippen LogP contribution < -0.4 is 4.90 Å². The van der Waals surface area contributed by atoms with Gasteiger partial charge in [0.2, 0.25) is 0 Å². The molecule has 0 amide bonds. The molecule has 164 valence electrons. The number of nitrogens with zero attached hydrogens (tertiary/aromatic N) is 4. The number of anilines is 1. The van der Waals surface area contributed by atoms with Crippen molar-refractivity contribution in [3.8, 4) is 22.4 Å². The fourth-order valence-corrected chi connectivity index (χ4v) is 4.80. The topological polar surface area (TPSA) is 53.7 Å². The first kappa shape index (κ1) is 20.7. The highest BCUT2D eigenvalue weighted by molar-refractivity contribution is 5.83. The molecule has 5 heteroatoms. The van der Waals surface area contributed by atoms with E-state index in [0.29, 0.717) is 0 Å². The van der Waals surface area contributed by atoms with E-state index in [-0.39, 0.29) is 12.6 Å². The normalized spacial score (nSPS) is 16.2. The van der Waals surface area contributed by atoms with Crippen molar-refractivity contribution >= 4 is 11.5 Å². The minimum Gasteiger partial charge on any atom is -0.394 e. The lowest BCUT2D eigenvalue weighted by Gasteiger charge is -2.25. The van der Waals surface area contributed by atoms with Gasteiger partial charge in [-0.2, -0.15) is 5.10 Å². The molecule has 0 radical (unpaired) electrons. The number of hydrogen-bond donors (Lipinski definition) is 1. The number of aliphatic hydroxyl groups excluding tert-OH is 1. The smallest absolute Gasteiger partial charge is 0.166 e. The number of aryl methyl sites for hydroxylation is 3. The van der Waals surface area contributed by atoms with E-state index >= 15 is 0 Å². The van der Waals surface area contributed by atoms with Crippen LogP contribution in [0.5, 0.6) is 0 Å². The van der Waals surface area contributed by atoms with Crippen molar-refractivity contribution in [1.29, 1.82) is 0 Å². The lowest BCUT2D eigenvalue weighted by Crippen LogP contribution is -2.32. The van der Waals surface area contributed by atoms with Crippen molar-refractivity contribution in [2.45, 2.75) is 46.1 Å². The molecule has 1 saturated heterocycles. The summed E-state index contributed by atoms with van der Waals surface area (Å²) in [5.41, 5.74) is 8.72. The highest BCUT2D eigenvalue weighted by Crippen LogP contribution is 2.34. The molecule has 1 aliphatic rings. The molecule has 1 unspecified atom stereocenters. The van der Waals surface area contributed by atoms with E-state index in [1.807, 2.05) is 4.52 Å². The highest BCUT2D eigenvalue weighted by Gasteiger charge is 2.27. The maximum absolute atomic E-state index is 9.94. The van der Waals surface area contributed by atoms with Gasteiger partial charge in [-0.1, -0.05) is 55.0 Å². The van der Waals surface area contributed by atoms with Crippen LogP contribution >= 0.6 is 0 Å². The lowest BCUT2D eigenvalue weighted by atomic mass is 10.0. The Balaban J connectivity index is 1.78. The number of aromatic nitrogens is 3. The molecule has 0 bridgehead atoms. The molecule has 4 aromatic rings. The van der Waals surface area contributed by atoms with Gasteiger partial charge in [0, 0.05) is 23.7 Å². The van der Waals surface area contributed by atoms with E-state index in [1.54, 1.807) is 0 Å². The molecule has 2 aromatic carbocycles. The molecule has 1 fully saturated rings. The van der Waals surface area contributed by atoms with Crippen LogP contribution in [0.1, 0.15) is 36.6 Å². The van der Waals surface area contributed by atoms with E-state index in [0.717, 1.165) is 65.4 Å². The Morgan fingerprint density at radius 2 is 1.84 bits per heavy atom. The van der Waals surface area contributed by atoms with Crippen molar-refractivity contribution < 1.29 is 5.11 Å². The standard InChI is InChI=1S/C27H30N4O/c1-4-20-7-5-8-22(15-20)24-16-25(30-14-6-9-23(30)17-32)28-27-26(19(3)29-31(24)27)21-12-10-18(2)11-13-21/h5,7-8,10-13,15-16,23,32H,4,6,9,14,17H2,1-3H3. The van der Waals surface area contributed by atoms with Crippen LogP contribution in [0.2, 0.25) is 0 Å². The van der Waals surface area contributed by atoms with E-state index in [2.05, 4.69) is 80.3 Å². The maximum atomic E-state index is 9.94. The summed E-state index contributed by atoms with van der Waals surface area (Å²) in [4.78, 5) is 7.38. The maximum Gasteiger partial charge on any atom is 0.166 e. The third-order valence-corrected chi connectivity index (χ3v) is 6.60. The monoisotopic (exact) mass is 426 g/mol. The summed E-state index contributed by atoms with van der Waals surface area (Å²) >= 11 is 0. The van der Waals surface area contributed by atoms with Gasteiger partial charge in [-0.05, 0) is 50.3 Å². The van der Waals surface area contributed by atoms with Crippen LogP contribution in [-0.4, -0.2) is 38.9 Å². The van der Waals surface area contributed by atoms with E-state index < -0.39 is 0 Å². The molecule has 1 aliphatic heterocycles. The third-order valence-electron chi connectivity index (χ3n) is 6.60. The molecule has 1 atom stereocenters. The summed E-state index contributed by atoms with van der Waals surface area (Å²) in [6, 6.07) is 19.5. The molecule has 32 heavy (non-hydrogen) atoms. The van der Waals surface area contributed by atoms with Crippen molar-refractivity contribution in [2.75, 3.05) is 18.1 Å². The Bertz CT molecular complexity index is 1260. The first-order valence-electron chi connectivity index (χ1n) is 11.5. The molecule has 5 nitrogen and oxygen atoms in total. The Morgan fingerprint density at radius 1 is 1.03 bits per heavy atom. The van der Waals surface area contributed by atoms with Gasteiger partial charge >= 0.3 is 0 Å². The number of rotatable bonds is 5. The number of benzene rings is 2. The minimum atomic E-state index is 0.117. The fraction of sp³-hybridized carbons (Fsp3) is 0.333. The number of hydrogen-bond acceptors (Lipinski definition) is 4. The van der Waals surface area contributed by atoms with Crippen LogP contribution in [0.25, 0.3) is 28.0 Å². The van der Waals surface area contributed by atoms with Gasteiger partial charge in [-0.25, -0.2) is 9.50 Å². The molecule has 0 spiro atoms. The summed E-state index contributed by atoms with van der Waals surface area (Å²) in [6.07, 6.45) is 3.05. The molecule has 0 aliphatic carbocycles. The zero-order valence-electron chi connectivity index (χ0n) is 19.0. The first-order chi connectivity index (χ1) is 15.6. The molecular formula is C27H30N4O. The van der Waals surface area contributed by atoms with Gasteiger partial charge in [-0.15, -0.1) is 0 Å². The van der Waals surface area contributed by atoms with Gasteiger partial charge < -0.3 is 10.0 Å². The summed E-state index contributed by atoms with van der Waals surface area (Å²) in [5, 5.41) is 14.9. The fourth-order valence-electron chi connectivity index (χ4n) is 4.80. The minimum absolute atomic E-state index is 0.117. The molecular weight excluding hydrogens is 396 g/mol. The second-order valence-corrected chi connectivity index (χ2v) is 8.79. The second-order valence-electron chi connectivity index (χ2n) is 8.79. The molecule has 2 aromatic heterocycles. The SMILES string of the molecule is CCc1cccc(-c2cc(N3CCCC3CO)nc3c(-c4ccc(C)cc4)c(C)nn23)c1. The van der Waals surface area contributed by atoms with Crippen LogP contribution in [-0.2, 0) is 6.42 Å². The van der Waals surface area contributed by atoms with E-state index in [4.69, 9.17) is 10.1 Å². The zero-order valence-corrected chi connectivity index (χ0v) is 19.0. The van der Waals surface area contributed by atoms with Crippen molar-refractivity contribution in [1.82, 2.24) is 14.6 Å². The predicted molar refractivity (Wildman–Crippen MR) is 130 cm³/mol. The van der Waals surface area contributed by atoms with Gasteiger partial charge in [0.25, 0.3) is 0 Å². The first-order valence-corrected chi connectivity index (χ1v) is 11.5. The predicted octanol–water partition coefficient (Wildman–Crippen LogP) is 5.20. The largest absolute Gasteiger partial charge is 0.394 e. The highest BCUT2D eigenvalue weighted by atomic mass is 16.3. The average Bonchev–Trinajstić information content (AvgIpc) is 3.42. The zero-order chi connectivity index (χ0) is 22.2. The Morgan fingerprint density at radius 3 is 2.59 bits per heavy atom. The summed E-state index contributed by atoms with van der Waals surface area (Å²) < 4.78 is 1.99. The Kier molecular flexibility index (Phi) is 5.43. The van der Waals surface area contributed by atoms with Gasteiger partial charge in [0.05, 0.1) is 24.0 Å². The third kappa shape index (κ3) is 3.56. The Hall–Kier alpha value is -3.18. The van der Waals surface area contributed by atoms with Gasteiger partial charge in [0.1, 0.15) is 5.82 Å². The van der Waals surface area contributed by atoms with E-state index in [9.17, 15) is 5.11 Å². The molecule has 5 rings (SSSR count). The summed E-state index contributed by atoms with van der Waals surface area (Å²) in [7, 11) is 0. The summed E-state index contributed by atoms with van der Waals surface area (Å²) in [6.45, 7) is 7.40. The van der Waals surface area contributed by atoms with Crippen LogP contribution in [0.15, 0.2) is 54.6 Å². The average molecular weight is 427 g/mol. The Labute approximate surface area is 189 Å². The van der Waals surface area contributed by atoms with Crippen molar-refractivity contribution in [3.05, 3.63) is 71.4 Å².